The Bertz CT molecular complexity index is 725. The van der Waals surface area contributed by atoms with Crippen molar-refractivity contribution in [2.24, 2.45) is 0 Å². The van der Waals surface area contributed by atoms with Crippen LogP contribution in [0, 0.1) is 0 Å². The summed E-state index contributed by atoms with van der Waals surface area (Å²) in [5, 5.41) is 19.1. The molecular formula is C24H33NO4. The van der Waals surface area contributed by atoms with Gasteiger partial charge in [-0.25, -0.2) is 0 Å². The molecule has 1 aromatic carbocycles. The first-order valence-electron chi connectivity index (χ1n) is 11.0. The molecule has 2 atom stereocenters. The minimum atomic E-state index is -0.747. The molecule has 2 N–H and O–H groups in total. The van der Waals surface area contributed by atoms with Crippen LogP contribution in [-0.2, 0) is 16.0 Å². The van der Waals surface area contributed by atoms with E-state index in [0.717, 1.165) is 31.2 Å². The number of hydrogen-bond donors (Lipinski definition) is 2. The van der Waals surface area contributed by atoms with Gasteiger partial charge in [0.2, 0.25) is 5.91 Å². The van der Waals surface area contributed by atoms with Gasteiger partial charge in [0.1, 0.15) is 0 Å². The number of likely N-dealkylation sites (tertiary alicyclic amines) is 1. The second-order valence-corrected chi connectivity index (χ2v) is 8.43. The third kappa shape index (κ3) is 7.00. The van der Waals surface area contributed by atoms with E-state index in [2.05, 4.69) is 24.3 Å². The molecule has 1 saturated heterocycles. The minimum Gasteiger partial charge on any atom is -0.481 e. The molecule has 5 heteroatoms. The highest BCUT2D eigenvalue weighted by atomic mass is 16.4. The fourth-order valence-corrected chi connectivity index (χ4v) is 4.12. The molecular weight excluding hydrogens is 366 g/mol. The Morgan fingerprint density at radius 1 is 1.17 bits per heavy atom. The number of carbonyl (C=O) groups is 2. The van der Waals surface area contributed by atoms with Crippen molar-refractivity contribution < 1.29 is 19.8 Å². The Labute approximate surface area is 173 Å². The van der Waals surface area contributed by atoms with Crippen molar-refractivity contribution in [3.63, 3.8) is 0 Å². The number of aliphatic carboxylic acids is 1. The lowest BCUT2D eigenvalue weighted by Crippen LogP contribution is -2.32. The zero-order valence-electron chi connectivity index (χ0n) is 17.1. The highest BCUT2D eigenvalue weighted by Crippen LogP contribution is 2.40. The average Bonchev–Trinajstić information content (AvgIpc) is 3.48. The molecule has 1 aliphatic heterocycles. The number of carboxylic acids is 1. The van der Waals surface area contributed by atoms with E-state index in [1.54, 1.807) is 0 Å². The first kappa shape index (κ1) is 21.6. The van der Waals surface area contributed by atoms with Crippen LogP contribution in [0.1, 0.15) is 74.8 Å². The second-order valence-electron chi connectivity index (χ2n) is 8.43. The zero-order chi connectivity index (χ0) is 20.6. The summed E-state index contributed by atoms with van der Waals surface area (Å²) in [7, 11) is 0. The maximum Gasteiger partial charge on any atom is 0.303 e. The van der Waals surface area contributed by atoms with Crippen LogP contribution in [0.25, 0.3) is 0 Å². The predicted octanol–water partition coefficient (Wildman–Crippen LogP) is 4.05. The quantitative estimate of drug-likeness (QED) is 0.411. The third-order valence-electron chi connectivity index (χ3n) is 5.91. The fourth-order valence-electron chi connectivity index (χ4n) is 4.12. The molecule has 1 aliphatic carbocycles. The predicted molar refractivity (Wildman–Crippen MR) is 113 cm³/mol. The average molecular weight is 400 g/mol. The van der Waals surface area contributed by atoms with Crippen molar-refractivity contribution in [3.8, 4) is 0 Å². The van der Waals surface area contributed by atoms with Gasteiger partial charge in [-0.3, -0.25) is 9.59 Å². The normalized spacial score (nSPS) is 20.5. The van der Waals surface area contributed by atoms with Crippen molar-refractivity contribution in [2.45, 2.75) is 82.3 Å². The van der Waals surface area contributed by atoms with Gasteiger partial charge in [-0.15, -0.1) is 0 Å². The van der Waals surface area contributed by atoms with Gasteiger partial charge in [0.25, 0.3) is 0 Å². The molecule has 0 bridgehead atoms. The van der Waals surface area contributed by atoms with Gasteiger partial charge in [0, 0.05) is 25.8 Å². The number of carbonyl (C=O) groups excluding carboxylic acids is 1. The summed E-state index contributed by atoms with van der Waals surface area (Å²) in [6.45, 7) is 0.709. The molecule has 2 aliphatic rings. The van der Waals surface area contributed by atoms with Gasteiger partial charge < -0.3 is 15.1 Å². The second kappa shape index (κ2) is 10.6. The van der Waals surface area contributed by atoms with E-state index in [1.165, 1.54) is 18.4 Å². The monoisotopic (exact) mass is 399 g/mol. The summed E-state index contributed by atoms with van der Waals surface area (Å²) in [4.78, 5) is 24.6. The minimum absolute atomic E-state index is 0.0639. The van der Waals surface area contributed by atoms with E-state index in [0.29, 0.717) is 31.7 Å². The van der Waals surface area contributed by atoms with Gasteiger partial charge in [0.05, 0.1) is 12.1 Å². The first-order chi connectivity index (χ1) is 14.0. The van der Waals surface area contributed by atoms with Crippen LogP contribution in [-0.4, -0.2) is 45.7 Å². The van der Waals surface area contributed by atoms with Crippen molar-refractivity contribution in [3.05, 3.63) is 47.5 Å². The molecule has 3 rings (SSSR count). The van der Waals surface area contributed by atoms with E-state index in [1.807, 2.05) is 17.1 Å². The molecule has 1 amide bonds. The van der Waals surface area contributed by atoms with Crippen LogP contribution < -0.4 is 0 Å². The number of amides is 1. The smallest absolute Gasteiger partial charge is 0.303 e. The van der Waals surface area contributed by atoms with E-state index >= 15 is 0 Å². The number of carboxylic acid groups (broad SMARTS) is 1. The van der Waals surface area contributed by atoms with Crippen LogP contribution in [0.3, 0.4) is 0 Å². The molecule has 1 saturated carbocycles. The highest BCUT2D eigenvalue weighted by molar-refractivity contribution is 5.79. The molecule has 0 aromatic heterocycles. The summed E-state index contributed by atoms with van der Waals surface area (Å²) < 4.78 is 0. The summed E-state index contributed by atoms with van der Waals surface area (Å²) in [5.74, 6) is 0.143. The number of nitrogens with zero attached hydrogens (tertiary/aromatic N) is 1. The van der Waals surface area contributed by atoms with Crippen molar-refractivity contribution in [1.82, 2.24) is 4.90 Å². The number of hydrogen-bond acceptors (Lipinski definition) is 3. The Morgan fingerprint density at radius 2 is 1.97 bits per heavy atom. The van der Waals surface area contributed by atoms with Crippen LogP contribution in [0.15, 0.2) is 36.4 Å². The molecule has 29 heavy (non-hydrogen) atoms. The lowest BCUT2D eigenvalue weighted by Gasteiger charge is -2.22. The van der Waals surface area contributed by atoms with E-state index < -0.39 is 12.1 Å². The molecule has 158 valence electrons. The van der Waals surface area contributed by atoms with Crippen LogP contribution in [0.5, 0.6) is 0 Å². The Hall–Kier alpha value is -2.14. The van der Waals surface area contributed by atoms with Gasteiger partial charge in [-0.2, -0.15) is 0 Å². The Morgan fingerprint density at radius 3 is 2.72 bits per heavy atom. The summed E-state index contributed by atoms with van der Waals surface area (Å²) in [5.41, 5.74) is 2.54. The largest absolute Gasteiger partial charge is 0.481 e. The summed E-state index contributed by atoms with van der Waals surface area (Å²) in [6, 6.07) is 8.60. The topological polar surface area (TPSA) is 77.8 Å². The van der Waals surface area contributed by atoms with Crippen molar-refractivity contribution >= 4 is 11.9 Å². The Balaban J connectivity index is 1.43. The van der Waals surface area contributed by atoms with Crippen LogP contribution in [0.2, 0.25) is 0 Å². The molecule has 1 heterocycles. The molecule has 1 aromatic rings. The first-order valence-corrected chi connectivity index (χ1v) is 11.0. The van der Waals surface area contributed by atoms with E-state index in [9.17, 15) is 14.7 Å². The highest BCUT2D eigenvalue weighted by Gasteiger charge is 2.28. The zero-order valence-corrected chi connectivity index (χ0v) is 17.1. The van der Waals surface area contributed by atoms with E-state index in [-0.39, 0.29) is 18.4 Å². The summed E-state index contributed by atoms with van der Waals surface area (Å²) in [6.07, 6.45) is 11.4. The number of aliphatic hydroxyl groups excluding tert-OH is 1. The lowest BCUT2D eigenvalue weighted by molar-refractivity contribution is -0.137. The number of aliphatic hydroxyl groups is 1. The number of rotatable bonds is 12. The molecule has 0 unspecified atom stereocenters. The fraction of sp³-hybridized carbons (Fsp3) is 0.583. The van der Waals surface area contributed by atoms with Crippen molar-refractivity contribution in [1.29, 1.82) is 0 Å². The number of benzene rings is 1. The maximum atomic E-state index is 12.2. The Kier molecular flexibility index (Phi) is 7.87. The molecule has 0 spiro atoms. The maximum absolute atomic E-state index is 12.2. The van der Waals surface area contributed by atoms with Gasteiger partial charge in [-0.1, -0.05) is 49.3 Å². The third-order valence-corrected chi connectivity index (χ3v) is 5.91. The standard InChI is InChI=1S/C24H33NO4/c26-22(17-18-6-5-7-20(16-18)19-9-10-19)13-11-21-12-14-23(27)25(21)15-4-2-1-3-8-24(28)29/h5-7,11,13,16,19,21-22,26H,1-4,8-10,12,14-15,17H2,(H,28,29)/t21-,22+/m0/s1. The van der Waals surface area contributed by atoms with E-state index in [4.69, 9.17) is 5.11 Å². The number of unbranched alkanes of at least 4 members (excludes halogenated alkanes) is 3. The lowest BCUT2D eigenvalue weighted by atomic mass is 10.0. The van der Waals surface area contributed by atoms with Gasteiger partial charge in [-0.05, 0) is 49.1 Å². The summed E-state index contributed by atoms with van der Waals surface area (Å²) >= 11 is 0. The molecule has 2 fully saturated rings. The van der Waals surface area contributed by atoms with Crippen LogP contribution >= 0.6 is 0 Å². The van der Waals surface area contributed by atoms with Crippen molar-refractivity contribution in [2.75, 3.05) is 6.54 Å². The molecule has 0 radical (unpaired) electrons. The van der Waals surface area contributed by atoms with Crippen LogP contribution in [0.4, 0.5) is 0 Å². The van der Waals surface area contributed by atoms with Gasteiger partial charge in [0.15, 0.2) is 0 Å². The SMILES string of the molecule is O=C(O)CCCCCCN1C(=O)CC[C@@H]1C=C[C@@H](O)Cc1cccc(C2CC2)c1. The van der Waals surface area contributed by atoms with Gasteiger partial charge >= 0.3 is 5.97 Å². The molecule has 5 nitrogen and oxygen atoms in total.